The smallest absolute Gasteiger partial charge is 0.242 e. The highest BCUT2D eigenvalue weighted by Crippen LogP contribution is 2.48. The predicted molar refractivity (Wildman–Crippen MR) is 123 cm³/mol. The van der Waals surface area contributed by atoms with Gasteiger partial charge in [-0.25, -0.2) is 0 Å². The summed E-state index contributed by atoms with van der Waals surface area (Å²) < 4.78 is 0. The summed E-state index contributed by atoms with van der Waals surface area (Å²) in [6.07, 6.45) is 0.354. The highest BCUT2D eigenvalue weighted by Gasteiger charge is 2.57. The van der Waals surface area contributed by atoms with E-state index < -0.39 is 5.54 Å². The molecule has 0 radical (unpaired) electrons. The van der Waals surface area contributed by atoms with Crippen molar-refractivity contribution in [2.75, 3.05) is 19.8 Å². The summed E-state index contributed by atoms with van der Waals surface area (Å²) in [7, 11) is 0. The van der Waals surface area contributed by atoms with E-state index in [-0.39, 0.29) is 18.0 Å². The molecule has 3 aromatic carbocycles. The average molecular weight is 423 g/mol. The van der Waals surface area contributed by atoms with Gasteiger partial charge >= 0.3 is 0 Å². The molecule has 0 aliphatic carbocycles. The summed E-state index contributed by atoms with van der Waals surface area (Å²) in [5, 5.41) is 12.4. The third-order valence-corrected chi connectivity index (χ3v) is 6.62. The monoisotopic (exact) mass is 422 g/mol. The van der Waals surface area contributed by atoms with E-state index in [4.69, 9.17) is 0 Å². The number of nitriles is 1. The van der Waals surface area contributed by atoms with E-state index >= 15 is 0 Å². The van der Waals surface area contributed by atoms with Crippen LogP contribution in [0.15, 0.2) is 91.0 Å². The molecule has 1 amide bonds. The van der Waals surface area contributed by atoms with E-state index in [1.54, 1.807) is 0 Å². The molecule has 2 saturated heterocycles. The summed E-state index contributed by atoms with van der Waals surface area (Å²) >= 11 is 0. The molecule has 32 heavy (non-hydrogen) atoms. The van der Waals surface area contributed by atoms with Gasteiger partial charge in [0.2, 0.25) is 5.91 Å². The normalized spacial score (nSPS) is 22.3. The zero-order chi connectivity index (χ0) is 22.0. The topological polar surface area (TPSA) is 59.1 Å². The van der Waals surface area contributed by atoms with Crippen molar-refractivity contribution >= 4 is 5.91 Å². The summed E-state index contributed by atoms with van der Waals surface area (Å²) in [4.78, 5) is 17.7. The molecule has 3 aromatic rings. The van der Waals surface area contributed by atoms with Crippen LogP contribution >= 0.6 is 0 Å². The van der Waals surface area contributed by atoms with Crippen molar-refractivity contribution in [3.05, 3.63) is 108 Å². The molecule has 160 valence electrons. The summed E-state index contributed by atoms with van der Waals surface area (Å²) in [6, 6.07) is 33.3. The quantitative estimate of drug-likeness (QED) is 0.489. The lowest BCUT2D eigenvalue weighted by molar-refractivity contribution is -0.132. The van der Waals surface area contributed by atoms with Crippen molar-refractivity contribution in [1.82, 2.24) is 15.1 Å². The largest absolute Gasteiger partial charge is 0.323 e. The highest BCUT2D eigenvalue weighted by atomic mass is 16.2. The van der Waals surface area contributed by atoms with E-state index in [2.05, 4.69) is 89.1 Å². The third kappa shape index (κ3) is 3.38. The van der Waals surface area contributed by atoms with Crippen LogP contribution in [0.4, 0.5) is 0 Å². The molecule has 0 bridgehead atoms. The first-order chi connectivity index (χ1) is 15.8. The molecular formula is C27H26N4O. The fourth-order valence-corrected chi connectivity index (χ4v) is 5.08. The summed E-state index contributed by atoms with van der Waals surface area (Å²) in [6.45, 7) is 1.85. The van der Waals surface area contributed by atoms with Crippen molar-refractivity contribution in [2.24, 2.45) is 0 Å². The molecule has 0 spiro atoms. The minimum absolute atomic E-state index is 0.0606. The molecule has 2 aliphatic heterocycles. The van der Waals surface area contributed by atoms with Crippen molar-refractivity contribution in [3.8, 4) is 6.07 Å². The lowest BCUT2D eigenvalue weighted by Gasteiger charge is -2.38. The number of benzene rings is 3. The summed E-state index contributed by atoms with van der Waals surface area (Å²) in [5.74, 6) is 0.0995. The zero-order valence-corrected chi connectivity index (χ0v) is 17.9. The van der Waals surface area contributed by atoms with Crippen LogP contribution in [-0.2, 0) is 10.3 Å². The Morgan fingerprint density at radius 1 is 0.906 bits per heavy atom. The van der Waals surface area contributed by atoms with Crippen molar-refractivity contribution in [3.63, 3.8) is 0 Å². The second kappa shape index (κ2) is 8.58. The number of hydrogen-bond donors (Lipinski definition) is 1. The molecule has 2 heterocycles. The SMILES string of the molecule is N#CC[C@H]1CNCN1C(=O)[C@H]1CN1C(c1ccccc1)(c1ccccc1)c1ccccc1. The van der Waals surface area contributed by atoms with Gasteiger partial charge in [-0.15, -0.1) is 0 Å². The fraction of sp³-hybridized carbons (Fsp3) is 0.259. The number of hydrogen-bond acceptors (Lipinski definition) is 4. The maximum absolute atomic E-state index is 13.6. The van der Waals surface area contributed by atoms with Crippen LogP contribution in [0.5, 0.6) is 0 Å². The van der Waals surface area contributed by atoms with Gasteiger partial charge in [-0.2, -0.15) is 5.26 Å². The number of amides is 1. The molecule has 0 aromatic heterocycles. The first-order valence-electron chi connectivity index (χ1n) is 11.1. The second-order valence-corrected chi connectivity index (χ2v) is 8.41. The van der Waals surface area contributed by atoms with E-state index in [1.165, 1.54) is 0 Å². The third-order valence-electron chi connectivity index (χ3n) is 6.62. The van der Waals surface area contributed by atoms with Crippen LogP contribution < -0.4 is 5.32 Å². The van der Waals surface area contributed by atoms with Gasteiger partial charge in [-0.1, -0.05) is 91.0 Å². The number of carbonyl (C=O) groups excluding carboxylic acids is 1. The molecule has 0 saturated carbocycles. The molecule has 5 nitrogen and oxygen atoms in total. The van der Waals surface area contributed by atoms with E-state index in [0.717, 1.165) is 16.7 Å². The Hall–Kier alpha value is -3.46. The van der Waals surface area contributed by atoms with Crippen LogP contribution in [0.2, 0.25) is 0 Å². The van der Waals surface area contributed by atoms with Crippen LogP contribution in [-0.4, -0.2) is 47.5 Å². The van der Waals surface area contributed by atoms with E-state index in [9.17, 15) is 10.1 Å². The Balaban J connectivity index is 1.61. The maximum atomic E-state index is 13.6. The average Bonchev–Trinajstić information content (AvgIpc) is 3.51. The van der Waals surface area contributed by atoms with Gasteiger partial charge in [-0.05, 0) is 16.7 Å². The maximum Gasteiger partial charge on any atom is 0.242 e. The molecular weight excluding hydrogens is 396 g/mol. The molecule has 5 rings (SSSR count). The van der Waals surface area contributed by atoms with E-state index in [0.29, 0.717) is 26.2 Å². The minimum atomic E-state index is -0.567. The van der Waals surface area contributed by atoms with Crippen molar-refractivity contribution in [1.29, 1.82) is 5.26 Å². The zero-order valence-electron chi connectivity index (χ0n) is 17.9. The van der Waals surface area contributed by atoms with Gasteiger partial charge in [-0.3, -0.25) is 15.0 Å². The molecule has 5 heteroatoms. The Morgan fingerprint density at radius 2 is 1.41 bits per heavy atom. The van der Waals surface area contributed by atoms with Gasteiger partial charge < -0.3 is 4.90 Å². The van der Waals surface area contributed by atoms with Crippen LogP contribution in [0, 0.1) is 11.3 Å². The van der Waals surface area contributed by atoms with Gasteiger partial charge in [0.25, 0.3) is 0 Å². The first-order valence-corrected chi connectivity index (χ1v) is 11.1. The number of nitrogens with zero attached hydrogens (tertiary/aromatic N) is 3. The van der Waals surface area contributed by atoms with Gasteiger partial charge in [0, 0.05) is 13.1 Å². The predicted octanol–water partition coefficient (Wildman–Crippen LogP) is 3.33. The molecule has 2 aliphatic rings. The van der Waals surface area contributed by atoms with Crippen molar-refractivity contribution in [2.45, 2.75) is 24.0 Å². The van der Waals surface area contributed by atoms with Gasteiger partial charge in [0.1, 0.15) is 6.04 Å². The number of nitrogens with one attached hydrogen (secondary N) is 1. The Bertz CT molecular complexity index is 1010. The standard InChI is InChI=1S/C27H26N4O/c28-17-16-24-18-29-20-30(24)26(32)25-19-31(25)27(21-10-4-1-5-11-21,22-12-6-2-7-13-22)23-14-8-3-9-15-23/h1-15,24-25,29H,16,18-20H2/t24-,25+,31?/m0/s1. The minimum Gasteiger partial charge on any atom is -0.323 e. The van der Waals surface area contributed by atoms with Crippen molar-refractivity contribution < 1.29 is 4.79 Å². The fourth-order valence-electron chi connectivity index (χ4n) is 5.08. The molecule has 3 atom stereocenters. The lowest BCUT2D eigenvalue weighted by Crippen LogP contribution is -2.44. The van der Waals surface area contributed by atoms with E-state index in [1.807, 2.05) is 23.1 Å². The van der Waals surface area contributed by atoms with Crippen LogP contribution in [0.1, 0.15) is 23.1 Å². The summed E-state index contributed by atoms with van der Waals surface area (Å²) in [5.41, 5.74) is 2.85. The highest BCUT2D eigenvalue weighted by molar-refractivity contribution is 5.86. The molecule has 1 unspecified atom stereocenters. The molecule has 1 N–H and O–H groups in total. The second-order valence-electron chi connectivity index (χ2n) is 8.41. The van der Waals surface area contributed by atoms with Gasteiger partial charge in [0.15, 0.2) is 0 Å². The molecule has 2 fully saturated rings. The Labute approximate surface area is 188 Å². The number of rotatable bonds is 6. The van der Waals surface area contributed by atoms with Crippen LogP contribution in [0.25, 0.3) is 0 Å². The number of carbonyl (C=O) groups is 1. The first kappa shape index (κ1) is 20.4. The van der Waals surface area contributed by atoms with Crippen LogP contribution in [0.3, 0.4) is 0 Å². The Kier molecular flexibility index (Phi) is 5.48. The van der Waals surface area contributed by atoms with Gasteiger partial charge in [0.05, 0.1) is 30.7 Å². The Morgan fingerprint density at radius 3 is 1.88 bits per heavy atom. The lowest BCUT2D eigenvalue weighted by atomic mass is 9.76.